The minimum Gasteiger partial charge on any atom is -0.469 e. The van der Waals surface area contributed by atoms with Crippen molar-refractivity contribution in [2.75, 3.05) is 7.05 Å². The molecule has 0 N–H and O–H groups in total. The minimum atomic E-state index is -3.40. The van der Waals surface area contributed by atoms with E-state index in [0.29, 0.717) is 19.4 Å². The molecule has 2 rings (SSSR count). The first-order valence-electron chi connectivity index (χ1n) is 5.04. The Labute approximate surface area is 100 Å². The van der Waals surface area contributed by atoms with E-state index in [0.717, 1.165) is 11.3 Å². The molecule has 0 amide bonds. The second-order valence-corrected chi connectivity index (χ2v) is 7.45. The number of rotatable bonds is 4. The zero-order valence-corrected chi connectivity index (χ0v) is 10.8. The second-order valence-electron chi connectivity index (χ2n) is 4.15. The molecule has 1 heterocycles. The summed E-state index contributed by atoms with van der Waals surface area (Å²) < 4.78 is 29.4. The van der Waals surface area contributed by atoms with E-state index in [-0.39, 0.29) is 0 Å². The summed E-state index contributed by atoms with van der Waals surface area (Å²) in [6, 6.07) is 1.77. The monoisotopic (exact) mass is 263 g/mol. The first kappa shape index (κ1) is 12.0. The molecule has 1 aromatic rings. The quantitative estimate of drug-likeness (QED) is 0.782. The highest BCUT2D eigenvalue weighted by atomic mass is 35.5. The van der Waals surface area contributed by atoms with E-state index in [2.05, 4.69) is 0 Å². The number of nitrogens with zero attached hydrogens (tertiary/aromatic N) is 1. The predicted octanol–water partition coefficient (Wildman–Crippen LogP) is 2.08. The molecule has 1 aliphatic carbocycles. The van der Waals surface area contributed by atoms with Gasteiger partial charge in [0.2, 0.25) is 10.0 Å². The number of halogens is 1. The maximum Gasteiger partial charge on any atom is 0.233 e. The van der Waals surface area contributed by atoms with Crippen LogP contribution >= 0.6 is 11.6 Å². The second kappa shape index (κ2) is 3.75. The lowest BCUT2D eigenvalue weighted by Gasteiger charge is -2.19. The maximum atomic E-state index is 12.0. The molecule has 16 heavy (non-hydrogen) atoms. The van der Waals surface area contributed by atoms with Crippen molar-refractivity contribution in [1.29, 1.82) is 0 Å². The SMILES string of the molecule is Cc1occc1CN(C)S(=O)(=O)C1(Cl)CC1. The van der Waals surface area contributed by atoms with Crippen LogP contribution in [0.1, 0.15) is 24.2 Å². The number of alkyl halides is 1. The molecule has 0 aliphatic heterocycles. The lowest BCUT2D eigenvalue weighted by atomic mass is 10.3. The highest BCUT2D eigenvalue weighted by Crippen LogP contribution is 2.48. The summed E-state index contributed by atoms with van der Waals surface area (Å²) in [5.41, 5.74) is 0.868. The van der Waals surface area contributed by atoms with Crippen molar-refractivity contribution in [2.24, 2.45) is 0 Å². The number of aryl methyl sites for hydroxylation is 1. The van der Waals surface area contributed by atoms with Gasteiger partial charge in [0.15, 0.2) is 4.21 Å². The number of hydrogen-bond acceptors (Lipinski definition) is 3. The lowest BCUT2D eigenvalue weighted by molar-refractivity contribution is 0.455. The number of hydrogen-bond donors (Lipinski definition) is 0. The van der Waals surface area contributed by atoms with Crippen LogP contribution in [0.15, 0.2) is 16.7 Å². The Morgan fingerprint density at radius 1 is 1.56 bits per heavy atom. The van der Waals surface area contributed by atoms with Gasteiger partial charge in [-0.05, 0) is 25.8 Å². The zero-order valence-electron chi connectivity index (χ0n) is 9.23. The van der Waals surface area contributed by atoms with Crippen LogP contribution in [0.5, 0.6) is 0 Å². The molecule has 0 aromatic carbocycles. The molecule has 1 aromatic heterocycles. The zero-order chi connectivity index (χ0) is 12.0. The van der Waals surface area contributed by atoms with E-state index in [4.69, 9.17) is 16.0 Å². The van der Waals surface area contributed by atoms with E-state index in [1.54, 1.807) is 19.4 Å². The molecule has 0 atom stereocenters. The number of sulfonamides is 1. The van der Waals surface area contributed by atoms with E-state index in [1.807, 2.05) is 6.92 Å². The van der Waals surface area contributed by atoms with Crippen molar-refractivity contribution in [2.45, 2.75) is 30.5 Å². The summed E-state index contributed by atoms with van der Waals surface area (Å²) in [7, 11) is -1.86. The summed E-state index contributed by atoms with van der Waals surface area (Å²) in [6.45, 7) is 2.11. The third-order valence-electron chi connectivity index (χ3n) is 2.87. The van der Waals surface area contributed by atoms with Crippen molar-refractivity contribution in [3.63, 3.8) is 0 Å². The molecular formula is C10H14ClNO3S. The summed E-state index contributed by atoms with van der Waals surface area (Å²) in [6.07, 6.45) is 2.62. The summed E-state index contributed by atoms with van der Waals surface area (Å²) in [5.74, 6) is 0.737. The fourth-order valence-corrected chi connectivity index (χ4v) is 3.47. The molecule has 0 radical (unpaired) electrons. The molecule has 0 spiro atoms. The Bertz CT molecular complexity index is 490. The van der Waals surface area contributed by atoms with Crippen LogP contribution in [0.2, 0.25) is 0 Å². The highest BCUT2D eigenvalue weighted by Gasteiger charge is 2.54. The topological polar surface area (TPSA) is 50.5 Å². The Kier molecular flexibility index (Phi) is 2.80. The molecule has 0 bridgehead atoms. The summed E-state index contributed by atoms with van der Waals surface area (Å²) in [5, 5.41) is 0. The van der Waals surface area contributed by atoms with E-state index >= 15 is 0 Å². The largest absolute Gasteiger partial charge is 0.469 e. The van der Waals surface area contributed by atoms with Gasteiger partial charge in [-0.2, -0.15) is 4.31 Å². The van der Waals surface area contributed by atoms with Crippen molar-refractivity contribution >= 4 is 21.6 Å². The molecule has 4 nitrogen and oxygen atoms in total. The van der Waals surface area contributed by atoms with Gasteiger partial charge in [-0.3, -0.25) is 0 Å². The Morgan fingerprint density at radius 2 is 2.19 bits per heavy atom. The van der Waals surface area contributed by atoms with Crippen LogP contribution in [0.3, 0.4) is 0 Å². The van der Waals surface area contributed by atoms with Gasteiger partial charge in [-0.25, -0.2) is 8.42 Å². The van der Waals surface area contributed by atoms with Crippen LogP contribution < -0.4 is 0 Å². The Balaban J connectivity index is 2.15. The van der Waals surface area contributed by atoms with Gasteiger partial charge < -0.3 is 4.42 Å². The molecule has 1 saturated carbocycles. The smallest absolute Gasteiger partial charge is 0.233 e. The van der Waals surface area contributed by atoms with Gasteiger partial charge in [0.25, 0.3) is 0 Å². The maximum absolute atomic E-state index is 12.0. The molecule has 90 valence electrons. The van der Waals surface area contributed by atoms with Crippen molar-refractivity contribution in [1.82, 2.24) is 4.31 Å². The van der Waals surface area contributed by atoms with E-state index < -0.39 is 14.2 Å². The highest BCUT2D eigenvalue weighted by molar-refractivity contribution is 7.92. The standard InChI is InChI=1S/C10H14ClNO3S/c1-8-9(3-6-15-8)7-12(2)16(13,14)10(11)4-5-10/h3,6H,4-5,7H2,1-2H3. The van der Waals surface area contributed by atoms with Crippen LogP contribution in [0.4, 0.5) is 0 Å². The number of furan rings is 1. The van der Waals surface area contributed by atoms with Gasteiger partial charge in [0.1, 0.15) is 5.76 Å². The van der Waals surface area contributed by atoms with E-state index in [1.165, 1.54) is 4.31 Å². The average Bonchev–Trinajstić information content (AvgIpc) is 2.85. The van der Waals surface area contributed by atoms with Crippen molar-refractivity contribution in [3.05, 3.63) is 23.7 Å². The van der Waals surface area contributed by atoms with Crippen LogP contribution in [-0.2, 0) is 16.6 Å². The minimum absolute atomic E-state index is 0.305. The van der Waals surface area contributed by atoms with Crippen molar-refractivity contribution in [3.8, 4) is 0 Å². The Morgan fingerprint density at radius 3 is 2.62 bits per heavy atom. The van der Waals surface area contributed by atoms with Crippen LogP contribution in [0.25, 0.3) is 0 Å². The average molecular weight is 264 g/mol. The first-order valence-corrected chi connectivity index (χ1v) is 6.86. The van der Waals surface area contributed by atoms with E-state index in [9.17, 15) is 8.42 Å². The third-order valence-corrected chi connectivity index (χ3v) is 6.12. The fourth-order valence-electron chi connectivity index (χ4n) is 1.54. The van der Waals surface area contributed by atoms with Gasteiger partial charge in [0, 0.05) is 19.2 Å². The summed E-state index contributed by atoms with van der Waals surface area (Å²) in [4.78, 5) is 0. The van der Waals surface area contributed by atoms with Crippen LogP contribution in [-0.4, -0.2) is 24.0 Å². The Hall–Kier alpha value is -0.520. The predicted molar refractivity (Wildman–Crippen MR) is 61.6 cm³/mol. The summed E-state index contributed by atoms with van der Waals surface area (Å²) >= 11 is 5.96. The first-order chi connectivity index (χ1) is 7.37. The molecule has 0 saturated heterocycles. The normalized spacial score (nSPS) is 19.0. The fraction of sp³-hybridized carbons (Fsp3) is 0.600. The molecule has 1 aliphatic rings. The third kappa shape index (κ3) is 1.87. The lowest BCUT2D eigenvalue weighted by Crippen LogP contribution is -2.34. The van der Waals surface area contributed by atoms with Gasteiger partial charge in [-0.15, -0.1) is 11.6 Å². The molecular weight excluding hydrogens is 250 g/mol. The van der Waals surface area contributed by atoms with Crippen molar-refractivity contribution < 1.29 is 12.8 Å². The molecule has 6 heteroatoms. The van der Waals surface area contributed by atoms with Gasteiger partial charge >= 0.3 is 0 Å². The van der Waals surface area contributed by atoms with Gasteiger partial charge in [0.05, 0.1) is 6.26 Å². The van der Waals surface area contributed by atoms with Gasteiger partial charge in [-0.1, -0.05) is 0 Å². The van der Waals surface area contributed by atoms with Crippen LogP contribution in [0, 0.1) is 6.92 Å². The molecule has 0 unspecified atom stereocenters. The molecule has 1 fully saturated rings.